The molecule has 0 spiro atoms. The van der Waals surface area contributed by atoms with Crippen molar-refractivity contribution in [1.82, 2.24) is 15.3 Å². The van der Waals surface area contributed by atoms with Gasteiger partial charge in [0.15, 0.2) is 5.69 Å². The molecule has 1 saturated heterocycles. The summed E-state index contributed by atoms with van der Waals surface area (Å²) in [6.07, 6.45) is 2.29. The van der Waals surface area contributed by atoms with Crippen molar-refractivity contribution in [3.63, 3.8) is 0 Å². The number of hydrogen-bond donors (Lipinski definition) is 1. The van der Waals surface area contributed by atoms with Crippen LogP contribution in [0, 0.1) is 5.41 Å². The molecule has 1 N–H and O–H groups in total. The minimum atomic E-state index is -0.292. The van der Waals surface area contributed by atoms with E-state index in [-0.39, 0.29) is 28.1 Å². The Labute approximate surface area is 171 Å². The minimum absolute atomic E-state index is 0.0439. The summed E-state index contributed by atoms with van der Waals surface area (Å²) < 4.78 is 5.37. The second-order valence-electron chi connectivity index (χ2n) is 8.17. The van der Waals surface area contributed by atoms with Gasteiger partial charge in [-0.1, -0.05) is 62.7 Å². The second-order valence-corrected chi connectivity index (χ2v) is 8.57. The van der Waals surface area contributed by atoms with E-state index >= 15 is 0 Å². The van der Waals surface area contributed by atoms with Gasteiger partial charge in [0, 0.05) is 13.1 Å². The Kier molecular flexibility index (Phi) is 6.52. The van der Waals surface area contributed by atoms with Crippen molar-refractivity contribution < 1.29 is 9.53 Å². The van der Waals surface area contributed by atoms with E-state index in [9.17, 15) is 4.79 Å². The summed E-state index contributed by atoms with van der Waals surface area (Å²) in [5.74, 6) is 0.213. The van der Waals surface area contributed by atoms with Crippen molar-refractivity contribution in [2.75, 3.05) is 31.2 Å². The number of halogens is 1. The van der Waals surface area contributed by atoms with Crippen LogP contribution < -0.4 is 10.2 Å². The van der Waals surface area contributed by atoms with Crippen LogP contribution in [-0.4, -0.2) is 42.2 Å². The predicted octanol–water partition coefficient (Wildman–Crippen LogP) is 3.87. The van der Waals surface area contributed by atoms with Crippen molar-refractivity contribution in [1.29, 1.82) is 0 Å². The highest BCUT2D eigenvalue weighted by molar-refractivity contribution is 6.33. The Bertz CT molecular complexity index is 802. The van der Waals surface area contributed by atoms with Gasteiger partial charge >= 0.3 is 0 Å². The third-order valence-corrected chi connectivity index (χ3v) is 4.84. The number of hydrogen-bond acceptors (Lipinski definition) is 5. The zero-order chi connectivity index (χ0) is 20.1. The van der Waals surface area contributed by atoms with E-state index in [1.54, 1.807) is 0 Å². The van der Waals surface area contributed by atoms with Crippen LogP contribution in [0.1, 0.15) is 49.3 Å². The third kappa shape index (κ3) is 5.42. The zero-order valence-corrected chi connectivity index (χ0v) is 17.4. The summed E-state index contributed by atoms with van der Waals surface area (Å²) in [5.41, 5.74) is 1.31. The number of nitrogens with one attached hydrogen (secondary N) is 1. The molecule has 1 atom stereocenters. The largest absolute Gasteiger partial charge is 0.378 e. The van der Waals surface area contributed by atoms with Gasteiger partial charge in [-0.05, 0) is 17.4 Å². The Morgan fingerprint density at radius 2 is 1.93 bits per heavy atom. The average molecular weight is 403 g/mol. The van der Waals surface area contributed by atoms with Gasteiger partial charge in [-0.25, -0.2) is 9.97 Å². The summed E-state index contributed by atoms with van der Waals surface area (Å²) >= 11 is 6.26. The Balaban J connectivity index is 1.83. The lowest BCUT2D eigenvalue weighted by molar-refractivity contribution is 0.0921. The summed E-state index contributed by atoms with van der Waals surface area (Å²) in [4.78, 5) is 23.8. The van der Waals surface area contributed by atoms with Crippen molar-refractivity contribution in [2.45, 2.75) is 33.2 Å². The Morgan fingerprint density at radius 3 is 2.57 bits per heavy atom. The van der Waals surface area contributed by atoms with Crippen LogP contribution in [0.15, 0.2) is 36.5 Å². The van der Waals surface area contributed by atoms with Gasteiger partial charge in [-0.3, -0.25) is 4.79 Å². The van der Waals surface area contributed by atoms with Crippen molar-refractivity contribution in [3.8, 4) is 0 Å². The van der Waals surface area contributed by atoms with Crippen LogP contribution in [0.4, 0.5) is 5.95 Å². The van der Waals surface area contributed by atoms with Gasteiger partial charge in [-0.2, -0.15) is 0 Å². The zero-order valence-electron chi connectivity index (χ0n) is 16.6. The molecule has 2 heterocycles. The molecule has 0 saturated carbocycles. The summed E-state index contributed by atoms with van der Waals surface area (Å²) in [7, 11) is 0. The fraction of sp³-hybridized carbons (Fsp3) is 0.476. The van der Waals surface area contributed by atoms with Gasteiger partial charge in [0.05, 0.1) is 30.5 Å². The van der Waals surface area contributed by atoms with Crippen molar-refractivity contribution >= 4 is 23.5 Å². The highest BCUT2D eigenvalue weighted by Gasteiger charge is 2.25. The van der Waals surface area contributed by atoms with Gasteiger partial charge in [0.1, 0.15) is 0 Å². The van der Waals surface area contributed by atoms with Crippen LogP contribution in [0.3, 0.4) is 0 Å². The molecule has 0 radical (unpaired) electrons. The molecule has 1 amide bonds. The van der Waals surface area contributed by atoms with Gasteiger partial charge in [-0.15, -0.1) is 0 Å². The normalized spacial score (nSPS) is 15.9. The average Bonchev–Trinajstić information content (AvgIpc) is 2.68. The van der Waals surface area contributed by atoms with Gasteiger partial charge in [0.25, 0.3) is 5.91 Å². The number of carbonyl (C=O) groups excluding carboxylic acids is 1. The minimum Gasteiger partial charge on any atom is -0.378 e. The van der Waals surface area contributed by atoms with Crippen LogP contribution in [0.5, 0.6) is 0 Å². The molecule has 1 aliphatic rings. The molecule has 6 nitrogen and oxygen atoms in total. The number of amides is 1. The van der Waals surface area contributed by atoms with E-state index in [4.69, 9.17) is 16.3 Å². The molecular weight excluding hydrogens is 376 g/mol. The number of nitrogens with zero attached hydrogens (tertiary/aromatic N) is 3. The Hall–Kier alpha value is -2.18. The van der Waals surface area contributed by atoms with Crippen molar-refractivity contribution in [3.05, 3.63) is 52.8 Å². The molecular formula is C21H27ClN4O2. The Morgan fingerprint density at radius 1 is 1.25 bits per heavy atom. The monoisotopic (exact) mass is 402 g/mol. The molecule has 1 aromatic heterocycles. The van der Waals surface area contributed by atoms with Crippen LogP contribution in [0.25, 0.3) is 0 Å². The molecule has 28 heavy (non-hydrogen) atoms. The number of aromatic nitrogens is 2. The molecule has 3 rings (SSSR count). The van der Waals surface area contributed by atoms with E-state index in [0.717, 1.165) is 12.0 Å². The van der Waals surface area contributed by atoms with E-state index in [1.165, 1.54) is 6.20 Å². The standard InChI is InChI=1S/C21H27ClN4O2/c1-21(2,3)13-17(15-7-5-4-6-8-15)24-19(27)18-16(22)14-23-20(25-18)26-9-11-28-12-10-26/h4-8,14,17H,9-13H2,1-3H3,(H,24,27). The SMILES string of the molecule is CC(C)(C)CC(NC(=O)c1nc(N2CCOCC2)ncc1Cl)c1ccccc1. The lowest BCUT2D eigenvalue weighted by atomic mass is 9.85. The molecule has 2 aromatic rings. The van der Waals surface area contributed by atoms with E-state index in [0.29, 0.717) is 32.3 Å². The second kappa shape index (κ2) is 8.88. The molecule has 7 heteroatoms. The van der Waals surface area contributed by atoms with Crippen LogP contribution in [-0.2, 0) is 4.74 Å². The lowest BCUT2D eigenvalue weighted by Gasteiger charge is -2.28. The highest BCUT2D eigenvalue weighted by atomic mass is 35.5. The first-order chi connectivity index (χ1) is 13.3. The summed E-state index contributed by atoms with van der Waals surface area (Å²) in [5, 5.41) is 3.37. The molecule has 1 aromatic carbocycles. The number of morpholine rings is 1. The van der Waals surface area contributed by atoms with E-state index < -0.39 is 0 Å². The predicted molar refractivity (Wildman–Crippen MR) is 111 cm³/mol. The fourth-order valence-corrected chi connectivity index (χ4v) is 3.39. The first-order valence-electron chi connectivity index (χ1n) is 9.54. The fourth-order valence-electron chi connectivity index (χ4n) is 3.21. The van der Waals surface area contributed by atoms with Crippen LogP contribution >= 0.6 is 11.6 Å². The molecule has 0 bridgehead atoms. The highest BCUT2D eigenvalue weighted by Crippen LogP contribution is 2.30. The number of carbonyl (C=O) groups is 1. The maximum Gasteiger partial charge on any atom is 0.272 e. The smallest absolute Gasteiger partial charge is 0.272 e. The van der Waals surface area contributed by atoms with Crippen molar-refractivity contribution in [2.24, 2.45) is 5.41 Å². The molecule has 150 valence electrons. The lowest BCUT2D eigenvalue weighted by Crippen LogP contribution is -2.38. The first kappa shape index (κ1) is 20.6. The molecule has 0 aliphatic carbocycles. The van der Waals surface area contributed by atoms with E-state index in [1.807, 2.05) is 35.2 Å². The number of rotatable bonds is 5. The van der Waals surface area contributed by atoms with Gasteiger partial charge < -0.3 is 15.0 Å². The number of benzene rings is 1. The maximum absolute atomic E-state index is 13.0. The van der Waals surface area contributed by atoms with E-state index in [2.05, 4.69) is 36.1 Å². The molecule has 1 unspecified atom stereocenters. The summed E-state index contributed by atoms with van der Waals surface area (Å²) in [6.45, 7) is 9.10. The number of ether oxygens (including phenoxy) is 1. The quantitative estimate of drug-likeness (QED) is 0.822. The molecule has 1 aliphatic heterocycles. The van der Waals surface area contributed by atoms with Crippen LogP contribution in [0.2, 0.25) is 5.02 Å². The maximum atomic E-state index is 13.0. The first-order valence-corrected chi connectivity index (χ1v) is 9.92. The van der Waals surface area contributed by atoms with Gasteiger partial charge in [0.2, 0.25) is 5.95 Å². The third-order valence-electron chi connectivity index (χ3n) is 4.56. The number of anilines is 1. The molecule has 1 fully saturated rings. The topological polar surface area (TPSA) is 67.4 Å². The summed E-state index contributed by atoms with van der Waals surface area (Å²) in [6, 6.07) is 9.84.